The van der Waals surface area contributed by atoms with Crippen LogP contribution in [0.3, 0.4) is 0 Å². The molecule has 4 aromatic heterocycles. The van der Waals surface area contributed by atoms with E-state index >= 15 is 0 Å². The molecule has 0 aliphatic rings. The topological polar surface area (TPSA) is 262 Å². The number of hydrogen-bond donors (Lipinski definition) is 4. The first-order chi connectivity index (χ1) is 18.5. The van der Waals surface area contributed by atoms with Gasteiger partial charge in [-0.2, -0.15) is 0 Å². The van der Waals surface area contributed by atoms with E-state index < -0.39 is 0 Å². The van der Waals surface area contributed by atoms with Crippen molar-refractivity contribution in [1.29, 1.82) is 31.6 Å². The molecule has 0 amide bonds. The Morgan fingerprint density at radius 2 is 0.513 bits per heavy atom. The molecule has 191 valence electrons. The number of aromatic nitrogens is 8. The summed E-state index contributed by atoms with van der Waals surface area (Å²) >= 11 is 0. The molecule has 0 aliphatic heterocycles. The Morgan fingerprint density at radius 1 is 0.385 bits per heavy atom. The summed E-state index contributed by atoms with van der Waals surface area (Å²) in [7, 11) is 24.9. The van der Waals surface area contributed by atoms with Crippen molar-refractivity contribution in [2.24, 2.45) is 0 Å². The summed E-state index contributed by atoms with van der Waals surface area (Å²) in [5.74, 6) is 7.50. The molecule has 4 heterocycles. The fourth-order valence-corrected chi connectivity index (χ4v) is 0.962. The first-order valence-corrected chi connectivity index (χ1v) is 9.03. The van der Waals surface area contributed by atoms with Crippen LogP contribution < -0.4 is 19.9 Å². The standard InChI is InChI=1S/4C3H4N2.6CBN.Cu/c4*1-2-5-3-4-1;6*2-1-3;/h4*1-3H,(H,4,5);;;;;;;/q;;;;6*-1;+2/p+4. The number of nitriles is 6. The molecule has 14 nitrogen and oxygen atoms in total. The second-order valence-corrected chi connectivity index (χ2v) is 4.02. The zero-order valence-corrected chi connectivity index (χ0v) is 21.3. The first kappa shape index (κ1) is 50.5. The minimum atomic E-state index is 0. The van der Waals surface area contributed by atoms with Crippen LogP contribution in [0.1, 0.15) is 0 Å². The zero-order valence-electron chi connectivity index (χ0n) is 20.4. The maximum atomic E-state index is 7.10. The third kappa shape index (κ3) is 143. The Kier molecular flexibility index (Phi) is 99.4. The van der Waals surface area contributed by atoms with Gasteiger partial charge in [-0.15, -0.1) is 0 Å². The number of rotatable bonds is 0. The zero-order chi connectivity index (χ0) is 30.4. The Bertz CT molecular complexity index is 788. The summed E-state index contributed by atoms with van der Waals surface area (Å²) < 4.78 is 0. The third-order valence-electron chi connectivity index (χ3n) is 1.77. The summed E-state index contributed by atoms with van der Waals surface area (Å²) in [6.07, 6.45) is 21.6. The minimum absolute atomic E-state index is 0. The molecule has 0 aromatic carbocycles. The van der Waals surface area contributed by atoms with Crippen LogP contribution in [0.4, 0.5) is 0 Å². The number of nitrogens with zero attached hydrogens (tertiary/aromatic N) is 6. The van der Waals surface area contributed by atoms with Gasteiger partial charge in [0.2, 0.25) is 25.3 Å². The van der Waals surface area contributed by atoms with Crippen molar-refractivity contribution < 1.29 is 37.0 Å². The maximum absolute atomic E-state index is 7.10. The van der Waals surface area contributed by atoms with E-state index in [-0.39, 0.29) is 17.1 Å². The smallest absolute Gasteiger partial charge is 0.466 e. The van der Waals surface area contributed by atoms with Gasteiger partial charge in [-0.25, -0.2) is 0 Å². The molecule has 0 fully saturated rings. The third-order valence-corrected chi connectivity index (χ3v) is 1.77. The molecule has 0 saturated carbocycles. The van der Waals surface area contributed by atoms with Crippen LogP contribution >= 0.6 is 0 Å². The molecule has 19 radical (unpaired) electrons. The fourth-order valence-electron chi connectivity index (χ4n) is 0.962. The van der Waals surface area contributed by atoms with E-state index in [2.05, 4.69) is 86.9 Å². The van der Waals surface area contributed by atoms with Gasteiger partial charge in [0.1, 0.15) is 49.6 Å². The summed E-state index contributed by atoms with van der Waals surface area (Å²) in [5, 5.41) is 42.6. The quantitative estimate of drug-likeness (QED) is 0.164. The Morgan fingerprint density at radius 3 is 0.538 bits per heavy atom. The van der Waals surface area contributed by atoms with Crippen molar-refractivity contribution in [2.45, 2.75) is 0 Å². The van der Waals surface area contributed by atoms with Crippen LogP contribution in [0.5, 0.6) is 0 Å². The molecule has 4 rings (SSSR count). The average molecular weight is 561 g/mol. The number of aromatic amines is 8. The largest absolute Gasteiger partial charge is 2.00 e. The maximum Gasteiger partial charge on any atom is 2.00 e. The van der Waals surface area contributed by atoms with Crippen molar-refractivity contribution in [3.05, 3.63) is 74.9 Å². The molecule has 4 aromatic rings. The average Bonchev–Trinajstić information content (AvgIpc) is 3.76. The van der Waals surface area contributed by atoms with Crippen LogP contribution in [0.15, 0.2) is 74.9 Å². The van der Waals surface area contributed by atoms with Crippen LogP contribution in [0.25, 0.3) is 0 Å². The van der Waals surface area contributed by atoms with E-state index in [1.54, 1.807) is 25.3 Å². The number of hydrogen-bond acceptors (Lipinski definition) is 6. The van der Waals surface area contributed by atoms with Crippen LogP contribution in [0, 0.1) is 67.4 Å². The second-order valence-electron chi connectivity index (χ2n) is 4.02. The fraction of sp³-hybridized carbons (Fsp3) is 0. The predicted octanol–water partition coefficient (Wildman–Crippen LogP) is -2.87. The molecular weight excluding hydrogens is 541 g/mol. The van der Waals surface area contributed by atoms with Gasteiger partial charge in [-0.05, 0) is 0 Å². The van der Waals surface area contributed by atoms with Crippen LogP contribution in [-0.4, -0.2) is 67.0 Å². The Hall–Kier alpha value is -5.31. The molecular formula is C18H20B6CuN14. The first-order valence-electron chi connectivity index (χ1n) is 9.03. The second kappa shape index (κ2) is 76.7. The molecule has 0 unspecified atom stereocenters. The monoisotopic (exact) mass is 561 g/mol. The van der Waals surface area contributed by atoms with Gasteiger partial charge in [-0.1, -0.05) is 0 Å². The van der Waals surface area contributed by atoms with Gasteiger partial charge < -0.3 is 47.1 Å². The molecule has 0 bridgehead atoms. The summed E-state index contributed by atoms with van der Waals surface area (Å²) in [4.78, 5) is 22.4. The van der Waals surface area contributed by atoms with E-state index in [0.29, 0.717) is 0 Å². The number of imidazole rings is 4. The van der Waals surface area contributed by atoms with Crippen molar-refractivity contribution in [3.8, 4) is 35.8 Å². The summed E-state index contributed by atoms with van der Waals surface area (Å²) in [6, 6.07) is 0. The van der Waals surface area contributed by atoms with Crippen molar-refractivity contribution in [3.63, 3.8) is 0 Å². The molecule has 8 N–H and O–H groups in total. The van der Waals surface area contributed by atoms with E-state index in [0.717, 1.165) is 0 Å². The summed E-state index contributed by atoms with van der Waals surface area (Å²) in [6.45, 7) is 0. The Labute approximate surface area is 245 Å². The van der Waals surface area contributed by atoms with Crippen molar-refractivity contribution in [1.82, 2.24) is 19.9 Å². The van der Waals surface area contributed by atoms with Gasteiger partial charge in [0.25, 0.3) is 0 Å². The molecule has 0 atom stereocenters. The molecule has 0 aliphatic carbocycles. The molecule has 39 heavy (non-hydrogen) atoms. The molecule has 21 heteroatoms. The summed E-state index contributed by atoms with van der Waals surface area (Å²) in [5.41, 5.74) is 0. The van der Waals surface area contributed by atoms with Gasteiger partial charge in [-0.3, -0.25) is 107 Å². The molecule has 0 saturated heterocycles. The van der Waals surface area contributed by atoms with Gasteiger partial charge in [0.15, 0.2) is 0 Å². The minimum Gasteiger partial charge on any atom is -0.466 e. The number of nitrogens with one attached hydrogen (secondary N) is 8. The van der Waals surface area contributed by atoms with Gasteiger partial charge in [0.05, 0.1) is 0 Å². The van der Waals surface area contributed by atoms with Crippen LogP contribution in [-0.2, 0) is 17.1 Å². The van der Waals surface area contributed by atoms with Crippen LogP contribution in [0.2, 0.25) is 0 Å². The van der Waals surface area contributed by atoms with Crippen molar-refractivity contribution >= 4 is 47.1 Å². The van der Waals surface area contributed by atoms with Crippen molar-refractivity contribution in [2.75, 3.05) is 0 Å². The normalized spacial score (nSPS) is 5.33. The van der Waals surface area contributed by atoms with Gasteiger partial charge >= 0.3 is 17.1 Å². The molecule has 0 spiro atoms. The van der Waals surface area contributed by atoms with E-state index in [1.807, 2.05) is 49.6 Å². The van der Waals surface area contributed by atoms with E-state index in [1.165, 1.54) is 35.8 Å². The number of H-pyrrole nitrogens is 8. The van der Waals surface area contributed by atoms with E-state index in [9.17, 15) is 0 Å². The predicted molar refractivity (Wildman–Crippen MR) is 138 cm³/mol. The SMILES string of the molecule is [B-]C#N.[B-]C#N.[B-]C#N.[B-]C#N.[B-]C#N.[B-]C#N.[Cu+2].c1c[nH+]c[nH]1.c1c[nH+]c[nH]1.c1c[nH+]c[nH]1.c1c[nH+]c[nH]1. The van der Waals surface area contributed by atoms with Gasteiger partial charge in [0, 0.05) is 0 Å². The van der Waals surface area contributed by atoms with E-state index in [4.69, 9.17) is 31.6 Å². The Balaban J connectivity index is -0.0000000590.